The molecule has 1 atom stereocenters. The number of aromatic nitrogens is 5. The first kappa shape index (κ1) is 13.3. The Labute approximate surface area is 119 Å². The maximum Gasteiger partial charge on any atom is 0.167 e. The van der Waals surface area contributed by atoms with Crippen LogP contribution < -0.4 is 0 Å². The molecule has 0 aliphatic carbocycles. The minimum Gasteiger partial charge on any atom is -0.293 e. The Morgan fingerprint density at radius 1 is 1.40 bits per heavy atom. The lowest BCUT2D eigenvalue weighted by molar-refractivity contribution is 0.143. The Hall–Kier alpha value is -1.69. The molecule has 1 unspecified atom stereocenters. The third kappa shape index (κ3) is 2.75. The molecule has 0 saturated carbocycles. The van der Waals surface area contributed by atoms with Crippen LogP contribution in [-0.4, -0.2) is 43.0 Å². The number of piperidine rings is 1. The number of H-pyrrole nitrogens is 1. The molecular formula is C14H22N6. The summed E-state index contributed by atoms with van der Waals surface area (Å²) in [6.45, 7) is 4.13. The van der Waals surface area contributed by atoms with E-state index in [0.29, 0.717) is 6.04 Å². The van der Waals surface area contributed by atoms with E-state index in [1.165, 1.54) is 18.5 Å². The van der Waals surface area contributed by atoms with Crippen molar-refractivity contribution in [3.63, 3.8) is 0 Å². The average Bonchev–Trinajstić information content (AvgIpc) is 3.06. The molecule has 0 aromatic carbocycles. The first-order valence-electron chi connectivity index (χ1n) is 7.34. The van der Waals surface area contributed by atoms with E-state index in [-0.39, 0.29) is 0 Å². The van der Waals surface area contributed by atoms with Crippen molar-refractivity contribution in [3.05, 3.63) is 29.6 Å². The topological polar surface area (TPSA) is 62.6 Å². The standard InChI is InChI=1S/C14H22N6/c1-11-16-14(18-17-11)13-5-3-4-9-20(13)10-7-12-6-8-15-19(12)2/h6,8,13H,3-5,7,9-10H2,1-2H3,(H,16,17,18). The molecule has 0 amide bonds. The molecule has 3 rings (SSSR count). The van der Waals surface area contributed by atoms with Crippen molar-refractivity contribution in [1.82, 2.24) is 29.9 Å². The summed E-state index contributed by atoms with van der Waals surface area (Å²) in [4.78, 5) is 7.03. The van der Waals surface area contributed by atoms with E-state index in [9.17, 15) is 0 Å². The maximum atomic E-state index is 4.52. The number of aromatic amines is 1. The summed E-state index contributed by atoms with van der Waals surface area (Å²) in [6, 6.07) is 2.46. The van der Waals surface area contributed by atoms with Gasteiger partial charge in [-0.15, -0.1) is 0 Å². The Kier molecular flexibility index (Phi) is 3.82. The third-order valence-corrected chi connectivity index (χ3v) is 4.10. The zero-order valence-corrected chi connectivity index (χ0v) is 12.2. The van der Waals surface area contributed by atoms with Gasteiger partial charge in [0.15, 0.2) is 5.82 Å². The molecule has 1 N–H and O–H groups in total. The van der Waals surface area contributed by atoms with E-state index in [4.69, 9.17) is 0 Å². The van der Waals surface area contributed by atoms with E-state index in [2.05, 4.69) is 31.2 Å². The molecular weight excluding hydrogens is 252 g/mol. The number of nitrogens with zero attached hydrogens (tertiary/aromatic N) is 5. The Morgan fingerprint density at radius 2 is 2.30 bits per heavy atom. The van der Waals surface area contributed by atoms with Gasteiger partial charge in [-0.05, 0) is 32.4 Å². The summed E-state index contributed by atoms with van der Waals surface area (Å²) in [7, 11) is 2.00. The Balaban J connectivity index is 1.68. The van der Waals surface area contributed by atoms with E-state index in [0.717, 1.165) is 37.6 Å². The van der Waals surface area contributed by atoms with Crippen LogP contribution in [0.4, 0.5) is 0 Å². The van der Waals surface area contributed by atoms with Crippen LogP contribution in [0.1, 0.15) is 42.6 Å². The molecule has 2 aromatic heterocycles. The molecule has 1 fully saturated rings. The fraction of sp³-hybridized carbons (Fsp3) is 0.643. The predicted octanol–water partition coefficient (Wildman–Crippen LogP) is 1.62. The van der Waals surface area contributed by atoms with Gasteiger partial charge in [0.2, 0.25) is 0 Å². The maximum absolute atomic E-state index is 4.52. The van der Waals surface area contributed by atoms with Crippen LogP contribution in [0.5, 0.6) is 0 Å². The summed E-state index contributed by atoms with van der Waals surface area (Å²) in [5.41, 5.74) is 1.28. The molecule has 108 valence electrons. The molecule has 6 heteroatoms. The van der Waals surface area contributed by atoms with E-state index in [1.54, 1.807) is 0 Å². The second-order valence-electron chi connectivity index (χ2n) is 5.52. The summed E-state index contributed by atoms with van der Waals surface area (Å²) in [5, 5.41) is 11.5. The number of likely N-dealkylation sites (tertiary alicyclic amines) is 1. The van der Waals surface area contributed by atoms with Crippen LogP contribution >= 0.6 is 0 Å². The second-order valence-corrected chi connectivity index (χ2v) is 5.52. The smallest absolute Gasteiger partial charge is 0.167 e. The quantitative estimate of drug-likeness (QED) is 0.920. The fourth-order valence-corrected chi connectivity index (χ4v) is 2.96. The van der Waals surface area contributed by atoms with Gasteiger partial charge in [-0.2, -0.15) is 10.2 Å². The van der Waals surface area contributed by atoms with Crippen LogP contribution in [-0.2, 0) is 13.5 Å². The highest BCUT2D eigenvalue weighted by molar-refractivity contribution is 5.02. The summed E-state index contributed by atoms with van der Waals surface area (Å²) in [6.07, 6.45) is 6.58. The van der Waals surface area contributed by atoms with Gasteiger partial charge in [-0.3, -0.25) is 14.7 Å². The molecule has 0 radical (unpaired) electrons. The lowest BCUT2D eigenvalue weighted by Gasteiger charge is -2.33. The normalized spacial score (nSPS) is 20.4. The Morgan fingerprint density at radius 3 is 3.00 bits per heavy atom. The van der Waals surface area contributed by atoms with Crippen molar-refractivity contribution < 1.29 is 0 Å². The third-order valence-electron chi connectivity index (χ3n) is 4.10. The first-order chi connectivity index (χ1) is 9.74. The highest BCUT2D eigenvalue weighted by Crippen LogP contribution is 2.28. The van der Waals surface area contributed by atoms with Gasteiger partial charge < -0.3 is 0 Å². The molecule has 0 bridgehead atoms. The first-order valence-corrected chi connectivity index (χ1v) is 7.34. The molecule has 0 spiro atoms. The summed E-state index contributed by atoms with van der Waals surface area (Å²) in [5.74, 6) is 1.85. The second kappa shape index (κ2) is 5.75. The molecule has 6 nitrogen and oxygen atoms in total. The molecule has 3 heterocycles. The number of nitrogens with one attached hydrogen (secondary N) is 1. The van der Waals surface area contributed by atoms with Crippen molar-refractivity contribution in [2.24, 2.45) is 7.05 Å². The SMILES string of the molecule is Cc1nc(C2CCCCN2CCc2ccnn2C)n[nH]1. The zero-order chi connectivity index (χ0) is 13.9. The Bertz CT molecular complexity index is 558. The van der Waals surface area contributed by atoms with Gasteiger partial charge in [-0.25, -0.2) is 4.98 Å². The molecule has 1 aliphatic rings. The van der Waals surface area contributed by atoms with Crippen molar-refractivity contribution in [1.29, 1.82) is 0 Å². The average molecular weight is 274 g/mol. The number of aryl methyl sites for hydroxylation is 2. The monoisotopic (exact) mass is 274 g/mol. The van der Waals surface area contributed by atoms with Gasteiger partial charge in [0.25, 0.3) is 0 Å². The molecule has 2 aromatic rings. The minimum atomic E-state index is 0.363. The van der Waals surface area contributed by atoms with Crippen molar-refractivity contribution in [3.8, 4) is 0 Å². The fourth-order valence-electron chi connectivity index (χ4n) is 2.96. The number of hydrogen-bond acceptors (Lipinski definition) is 4. The van der Waals surface area contributed by atoms with Gasteiger partial charge in [0.05, 0.1) is 6.04 Å². The summed E-state index contributed by atoms with van der Waals surface area (Å²) < 4.78 is 1.95. The van der Waals surface area contributed by atoms with Gasteiger partial charge in [-0.1, -0.05) is 6.42 Å². The van der Waals surface area contributed by atoms with Crippen molar-refractivity contribution in [2.45, 2.75) is 38.6 Å². The minimum absolute atomic E-state index is 0.363. The molecule has 20 heavy (non-hydrogen) atoms. The van der Waals surface area contributed by atoms with Crippen LogP contribution in [0, 0.1) is 6.92 Å². The molecule has 1 aliphatic heterocycles. The largest absolute Gasteiger partial charge is 0.293 e. The lowest BCUT2D eigenvalue weighted by atomic mass is 10.0. The van der Waals surface area contributed by atoms with Gasteiger partial charge in [0.1, 0.15) is 5.82 Å². The van der Waals surface area contributed by atoms with Crippen molar-refractivity contribution in [2.75, 3.05) is 13.1 Å². The van der Waals surface area contributed by atoms with Crippen LogP contribution in [0.3, 0.4) is 0 Å². The highest BCUT2D eigenvalue weighted by Gasteiger charge is 2.26. The lowest BCUT2D eigenvalue weighted by Crippen LogP contribution is -2.35. The van der Waals surface area contributed by atoms with Crippen LogP contribution in [0.25, 0.3) is 0 Å². The van der Waals surface area contributed by atoms with Gasteiger partial charge >= 0.3 is 0 Å². The highest BCUT2D eigenvalue weighted by atomic mass is 15.3. The van der Waals surface area contributed by atoms with Gasteiger partial charge in [0, 0.05) is 31.9 Å². The number of rotatable bonds is 4. The van der Waals surface area contributed by atoms with E-state index < -0.39 is 0 Å². The van der Waals surface area contributed by atoms with Crippen LogP contribution in [0.2, 0.25) is 0 Å². The summed E-state index contributed by atoms with van der Waals surface area (Å²) >= 11 is 0. The van der Waals surface area contributed by atoms with E-state index >= 15 is 0 Å². The van der Waals surface area contributed by atoms with Crippen molar-refractivity contribution >= 4 is 0 Å². The predicted molar refractivity (Wildman–Crippen MR) is 76.2 cm³/mol. The number of hydrogen-bond donors (Lipinski definition) is 1. The van der Waals surface area contributed by atoms with E-state index in [1.807, 2.05) is 24.9 Å². The van der Waals surface area contributed by atoms with Crippen LogP contribution in [0.15, 0.2) is 12.3 Å². The zero-order valence-electron chi connectivity index (χ0n) is 12.2. The molecule has 1 saturated heterocycles.